The van der Waals surface area contributed by atoms with E-state index in [2.05, 4.69) is 10.6 Å². The Morgan fingerprint density at radius 1 is 0.909 bits per heavy atom. The van der Waals surface area contributed by atoms with Crippen LogP contribution in [0.25, 0.3) is 0 Å². The van der Waals surface area contributed by atoms with E-state index in [1.54, 1.807) is 54.6 Å². The third-order valence-corrected chi connectivity index (χ3v) is 5.57. The highest BCUT2D eigenvalue weighted by Crippen LogP contribution is 2.31. The molecule has 1 aliphatic rings. The zero-order valence-corrected chi connectivity index (χ0v) is 18.8. The van der Waals surface area contributed by atoms with E-state index in [4.69, 9.17) is 16.3 Å². The van der Waals surface area contributed by atoms with E-state index in [1.165, 1.54) is 0 Å². The number of aryl methyl sites for hydroxylation is 1. The van der Waals surface area contributed by atoms with E-state index >= 15 is 0 Å². The van der Waals surface area contributed by atoms with Crippen LogP contribution in [-0.2, 0) is 9.59 Å². The molecular weight excluding hydrogens is 440 g/mol. The van der Waals surface area contributed by atoms with Gasteiger partial charge in [-0.05, 0) is 86.0 Å². The van der Waals surface area contributed by atoms with Gasteiger partial charge in [0, 0.05) is 33.4 Å². The van der Waals surface area contributed by atoms with Crippen molar-refractivity contribution in [2.45, 2.75) is 19.8 Å². The number of amides is 2. The van der Waals surface area contributed by atoms with Gasteiger partial charge in [-0.25, -0.2) is 0 Å². The van der Waals surface area contributed by atoms with Gasteiger partial charge < -0.3 is 15.4 Å². The largest absolute Gasteiger partial charge is 0.484 e. The van der Waals surface area contributed by atoms with Crippen LogP contribution in [0.2, 0.25) is 5.02 Å². The Bertz CT molecular complexity index is 1190. The van der Waals surface area contributed by atoms with Crippen molar-refractivity contribution in [1.82, 2.24) is 0 Å². The van der Waals surface area contributed by atoms with Crippen molar-refractivity contribution in [3.8, 4) is 5.75 Å². The normalized spacial score (nSPS) is 12.7. The Balaban J connectivity index is 1.32. The summed E-state index contributed by atoms with van der Waals surface area (Å²) in [5, 5.41) is 6.26. The average molecular weight is 463 g/mol. The van der Waals surface area contributed by atoms with Crippen molar-refractivity contribution in [2.24, 2.45) is 5.92 Å². The standard InChI is InChI=1S/C26H23ClN2O4/c1-16-2-11-21(28-26(32)19-3-4-19)14-23(16)29-24(30)15-33-22-12-7-18(8-13-22)25(31)17-5-9-20(27)10-6-17/h2,5-14,19H,3-4,15H2,1H3,(H,28,32)(H,29,30). The predicted octanol–water partition coefficient (Wildman–Crippen LogP) is 5.25. The Hall–Kier alpha value is -3.64. The summed E-state index contributed by atoms with van der Waals surface area (Å²) in [6.07, 6.45) is 1.85. The molecule has 4 rings (SSSR count). The summed E-state index contributed by atoms with van der Waals surface area (Å²) in [5.41, 5.74) is 3.18. The minimum absolute atomic E-state index is 0.0115. The number of nitrogens with one attached hydrogen (secondary N) is 2. The van der Waals surface area contributed by atoms with Crippen molar-refractivity contribution in [3.05, 3.63) is 88.4 Å². The molecule has 0 aromatic heterocycles. The maximum Gasteiger partial charge on any atom is 0.262 e. The number of hydrogen-bond donors (Lipinski definition) is 2. The van der Waals surface area contributed by atoms with E-state index in [0.717, 1.165) is 18.4 Å². The van der Waals surface area contributed by atoms with Crippen LogP contribution in [0.15, 0.2) is 66.7 Å². The number of halogens is 1. The lowest BCUT2D eigenvalue weighted by Crippen LogP contribution is -2.21. The molecule has 2 N–H and O–H groups in total. The SMILES string of the molecule is Cc1ccc(NC(=O)C2CC2)cc1NC(=O)COc1ccc(C(=O)c2ccc(Cl)cc2)cc1. The summed E-state index contributed by atoms with van der Waals surface area (Å²) in [6, 6.07) is 18.7. The summed E-state index contributed by atoms with van der Waals surface area (Å²) >= 11 is 5.87. The van der Waals surface area contributed by atoms with Gasteiger partial charge in [0.2, 0.25) is 5.91 Å². The number of ketones is 1. The second-order valence-corrected chi connectivity index (χ2v) is 8.43. The lowest BCUT2D eigenvalue weighted by Gasteiger charge is -2.12. The molecule has 0 atom stereocenters. The molecule has 0 spiro atoms. The zero-order valence-electron chi connectivity index (χ0n) is 18.1. The lowest BCUT2D eigenvalue weighted by molar-refractivity contribution is -0.118. The van der Waals surface area contributed by atoms with Crippen molar-refractivity contribution >= 4 is 40.6 Å². The second-order valence-electron chi connectivity index (χ2n) is 7.99. The molecule has 2 amide bonds. The molecule has 7 heteroatoms. The van der Waals surface area contributed by atoms with E-state index in [0.29, 0.717) is 33.3 Å². The number of carbonyl (C=O) groups is 3. The van der Waals surface area contributed by atoms with Gasteiger partial charge >= 0.3 is 0 Å². The van der Waals surface area contributed by atoms with Crippen LogP contribution in [0.1, 0.15) is 34.3 Å². The summed E-state index contributed by atoms with van der Waals surface area (Å²) in [5.74, 6) is 0.133. The van der Waals surface area contributed by atoms with E-state index in [-0.39, 0.29) is 30.1 Å². The zero-order chi connectivity index (χ0) is 23.4. The van der Waals surface area contributed by atoms with E-state index in [1.807, 2.05) is 19.1 Å². The number of anilines is 2. The number of hydrogen-bond acceptors (Lipinski definition) is 4. The molecule has 1 aliphatic carbocycles. The van der Waals surface area contributed by atoms with Gasteiger partial charge in [0.25, 0.3) is 5.91 Å². The number of rotatable bonds is 8. The quantitative estimate of drug-likeness (QED) is 0.448. The Morgan fingerprint density at radius 2 is 1.55 bits per heavy atom. The molecule has 1 saturated carbocycles. The first-order chi connectivity index (χ1) is 15.9. The molecule has 6 nitrogen and oxygen atoms in total. The molecule has 0 unspecified atom stereocenters. The maximum atomic E-state index is 12.5. The minimum Gasteiger partial charge on any atom is -0.484 e. The smallest absolute Gasteiger partial charge is 0.262 e. The third kappa shape index (κ3) is 5.99. The van der Waals surface area contributed by atoms with Crippen LogP contribution in [0, 0.1) is 12.8 Å². The fourth-order valence-corrected chi connectivity index (χ4v) is 3.36. The monoisotopic (exact) mass is 462 g/mol. The molecule has 33 heavy (non-hydrogen) atoms. The number of carbonyl (C=O) groups excluding carboxylic acids is 3. The summed E-state index contributed by atoms with van der Waals surface area (Å²) in [6.45, 7) is 1.68. The summed E-state index contributed by atoms with van der Waals surface area (Å²) in [7, 11) is 0. The Labute approximate surface area is 196 Å². The minimum atomic E-state index is -0.329. The highest BCUT2D eigenvalue weighted by atomic mass is 35.5. The molecule has 0 heterocycles. The van der Waals surface area contributed by atoms with Gasteiger partial charge in [-0.3, -0.25) is 14.4 Å². The lowest BCUT2D eigenvalue weighted by atomic mass is 10.0. The highest BCUT2D eigenvalue weighted by molar-refractivity contribution is 6.30. The average Bonchev–Trinajstić information content (AvgIpc) is 3.66. The van der Waals surface area contributed by atoms with Crippen LogP contribution >= 0.6 is 11.6 Å². The Morgan fingerprint density at radius 3 is 2.18 bits per heavy atom. The van der Waals surface area contributed by atoms with E-state index < -0.39 is 0 Å². The number of ether oxygens (including phenoxy) is 1. The topological polar surface area (TPSA) is 84.5 Å². The second kappa shape index (κ2) is 9.88. The predicted molar refractivity (Wildman–Crippen MR) is 128 cm³/mol. The molecule has 0 bridgehead atoms. The van der Waals surface area contributed by atoms with Crippen LogP contribution in [0.4, 0.5) is 11.4 Å². The van der Waals surface area contributed by atoms with Crippen LogP contribution in [0.3, 0.4) is 0 Å². The first kappa shape index (κ1) is 22.6. The molecular formula is C26H23ClN2O4. The first-order valence-corrected chi connectivity index (χ1v) is 11.0. The van der Waals surface area contributed by atoms with Gasteiger partial charge in [-0.15, -0.1) is 0 Å². The van der Waals surface area contributed by atoms with Crippen molar-refractivity contribution < 1.29 is 19.1 Å². The van der Waals surface area contributed by atoms with Gasteiger partial charge in [0.15, 0.2) is 12.4 Å². The van der Waals surface area contributed by atoms with Crippen molar-refractivity contribution in [1.29, 1.82) is 0 Å². The fourth-order valence-electron chi connectivity index (χ4n) is 3.23. The van der Waals surface area contributed by atoms with Crippen LogP contribution in [0.5, 0.6) is 5.75 Å². The van der Waals surface area contributed by atoms with Gasteiger partial charge in [0.05, 0.1) is 0 Å². The fraction of sp³-hybridized carbons (Fsp3) is 0.192. The van der Waals surface area contributed by atoms with Crippen LogP contribution < -0.4 is 15.4 Å². The van der Waals surface area contributed by atoms with Gasteiger partial charge in [-0.2, -0.15) is 0 Å². The highest BCUT2D eigenvalue weighted by Gasteiger charge is 2.29. The molecule has 0 saturated heterocycles. The van der Waals surface area contributed by atoms with Crippen molar-refractivity contribution in [2.75, 3.05) is 17.2 Å². The van der Waals surface area contributed by atoms with E-state index in [9.17, 15) is 14.4 Å². The van der Waals surface area contributed by atoms with Crippen molar-refractivity contribution in [3.63, 3.8) is 0 Å². The summed E-state index contributed by atoms with van der Waals surface area (Å²) in [4.78, 5) is 36.9. The number of benzene rings is 3. The molecule has 3 aromatic rings. The maximum absolute atomic E-state index is 12.5. The molecule has 0 aliphatic heterocycles. The Kier molecular flexibility index (Phi) is 6.75. The molecule has 1 fully saturated rings. The third-order valence-electron chi connectivity index (χ3n) is 5.32. The molecule has 3 aromatic carbocycles. The van der Waals surface area contributed by atoms with Gasteiger partial charge in [0.1, 0.15) is 5.75 Å². The van der Waals surface area contributed by atoms with Gasteiger partial charge in [-0.1, -0.05) is 17.7 Å². The van der Waals surface area contributed by atoms with Crippen LogP contribution in [-0.4, -0.2) is 24.2 Å². The first-order valence-electron chi connectivity index (χ1n) is 10.6. The molecule has 0 radical (unpaired) electrons. The molecule has 168 valence electrons. The summed E-state index contributed by atoms with van der Waals surface area (Å²) < 4.78 is 5.56.